The van der Waals surface area contributed by atoms with E-state index >= 15 is 0 Å². The summed E-state index contributed by atoms with van der Waals surface area (Å²) in [6, 6.07) is 6.75. The number of para-hydroxylation sites is 1. The first-order valence-electron chi connectivity index (χ1n) is 7.50. The van der Waals surface area contributed by atoms with Gasteiger partial charge in [0.05, 0.1) is 15.7 Å². The minimum atomic E-state index is 0.426. The summed E-state index contributed by atoms with van der Waals surface area (Å²) in [7, 11) is 0. The van der Waals surface area contributed by atoms with Crippen molar-refractivity contribution in [2.24, 2.45) is 5.92 Å². The molecule has 2 rings (SSSR count). The van der Waals surface area contributed by atoms with Gasteiger partial charge >= 0.3 is 0 Å². The van der Waals surface area contributed by atoms with Crippen molar-refractivity contribution < 1.29 is 0 Å². The predicted octanol–water partition coefficient (Wildman–Crippen LogP) is 4.60. The molecule has 0 saturated carbocycles. The summed E-state index contributed by atoms with van der Waals surface area (Å²) in [4.78, 5) is 2.36. The normalized spacial score (nSPS) is 26.9. The molecule has 1 aromatic carbocycles. The molecule has 1 aromatic rings. The Balaban J connectivity index is 2.16. The third kappa shape index (κ3) is 3.24. The standard InChI is InChI=1S/C16H24Cl2N2/c1-4-9-19-15-8-10-20(12(3)11(15)2)16-13(17)6-5-7-14(16)18/h5-7,11-12,15,19H,4,8-10H2,1-3H3. The second-order valence-electron chi connectivity index (χ2n) is 5.71. The molecule has 0 aromatic heterocycles. The van der Waals surface area contributed by atoms with Crippen molar-refractivity contribution in [1.82, 2.24) is 5.32 Å². The van der Waals surface area contributed by atoms with Gasteiger partial charge in [-0.2, -0.15) is 0 Å². The highest BCUT2D eigenvalue weighted by molar-refractivity contribution is 6.39. The van der Waals surface area contributed by atoms with E-state index in [1.54, 1.807) is 0 Å². The van der Waals surface area contributed by atoms with E-state index in [2.05, 4.69) is 31.0 Å². The van der Waals surface area contributed by atoms with Gasteiger partial charge in [-0.15, -0.1) is 0 Å². The van der Waals surface area contributed by atoms with Crippen LogP contribution in [0.5, 0.6) is 0 Å². The van der Waals surface area contributed by atoms with Crippen LogP contribution < -0.4 is 10.2 Å². The fourth-order valence-corrected chi connectivity index (χ4v) is 3.68. The quantitative estimate of drug-likeness (QED) is 0.874. The number of piperidine rings is 1. The van der Waals surface area contributed by atoms with Crippen molar-refractivity contribution in [2.75, 3.05) is 18.0 Å². The Morgan fingerprint density at radius 1 is 1.25 bits per heavy atom. The molecule has 4 heteroatoms. The van der Waals surface area contributed by atoms with E-state index in [4.69, 9.17) is 23.2 Å². The van der Waals surface area contributed by atoms with Gasteiger partial charge in [-0.1, -0.05) is 43.1 Å². The van der Waals surface area contributed by atoms with Crippen LogP contribution in [0.4, 0.5) is 5.69 Å². The predicted molar refractivity (Wildman–Crippen MR) is 89.1 cm³/mol. The van der Waals surface area contributed by atoms with E-state index < -0.39 is 0 Å². The van der Waals surface area contributed by atoms with Gasteiger partial charge < -0.3 is 10.2 Å². The van der Waals surface area contributed by atoms with Crippen molar-refractivity contribution in [3.05, 3.63) is 28.2 Å². The molecule has 0 radical (unpaired) electrons. The molecule has 20 heavy (non-hydrogen) atoms. The lowest BCUT2D eigenvalue weighted by molar-refractivity contribution is 0.271. The van der Waals surface area contributed by atoms with Gasteiger partial charge in [-0.3, -0.25) is 0 Å². The zero-order chi connectivity index (χ0) is 14.7. The minimum absolute atomic E-state index is 0.426. The molecule has 1 aliphatic rings. The van der Waals surface area contributed by atoms with Gasteiger partial charge in [0.25, 0.3) is 0 Å². The highest BCUT2D eigenvalue weighted by Crippen LogP contribution is 2.38. The highest BCUT2D eigenvalue weighted by Gasteiger charge is 2.33. The molecule has 0 bridgehead atoms. The molecule has 3 unspecified atom stereocenters. The van der Waals surface area contributed by atoms with E-state index in [1.165, 1.54) is 6.42 Å². The van der Waals surface area contributed by atoms with Crippen LogP contribution >= 0.6 is 23.2 Å². The molecule has 1 saturated heterocycles. The fraction of sp³-hybridized carbons (Fsp3) is 0.625. The van der Waals surface area contributed by atoms with Crippen molar-refractivity contribution in [1.29, 1.82) is 0 Å². The van der Waals surface area contributed by atoms with Crippen LogP contribution in [0.2, 0.25) is 10.0 Å². The zero-order valence-corrected chi connectivity index (χ0v) is 14.0. The summed E-state index contributed by atoms with van der Waals surface area (Å²) in [5, 5.41) is 5.15. The third-order valence-corrected chi connectivity index (χ3v) is 5.06. The van der Waals surface area contributed by atoms with Crippen LogP contribution in [-0.4, -0.2) is 25.2 Å². The maximum absolute atomic E-state index is 6.35. The Morgan fingerprint density at radius 3 is 2.50 bits per heavy atom. The van der Waals surface area contributed by atoms with E-state index in [1.807, 2.05) is 18.2 Å². The number of hydrogen-bond acceptors (Lipinski definition) is 2. The first-order chi connectivity index (χ1) is 9.56. The smallest absolute Gasteiger partial charge is 0.0747 e. The lowest BCUT2D eigenvalue weighted by Gasteiger charge is -2.45. The Hall–Kier alpha value is -0.440. The minimum Gasteiger partial charge on any atom is -0.366 e. The van der Waals surface area contributed by atoms with Crippen molar-refractivity contribution >= 4 is 28.9 Å². The van der Waals surface area contributed by atoms with E-state index in [0.29, 0.717) is 18.0 Å². The SMILES string of the molecule is CCCNC1CCN(c2c(Cl)cccc2Cl)C(C)C1C. The van der Waals surface area contributed by atoms with Crippen LogP contribution in [0.3, 0.4) is 0 Å². The summed E-state index contributed by atoms with van der Waals surface area (Å²) in [5.41, 5.74) is 0.990. The Bertz CT molecular complexity index is 430. The van der Waals surface area contributed by atoms with E-state index in [0.717, 1.165) is 35.2 Å². The maximum atomic E-state index is 6.35. The number of benzene rings is 1. The monoisotopic (exact) mass is 314 g/mol. The van der Waals surface area contributed by atoms with Crippen molar-refractivity contribution in [3.63, 3.8) is 0 Å². The van der Waals surface area contributed by atoms with Crippen LogP contribution in [0.15, 0.2) is 18.2 Å². The summed E-state index contributed by atoms with van der Waals surface area (Å²) in [6.07, 6.45) is 2.31. The highest BCUT2D eigenvalue weighted by atomic mass is 35.5. The Labute approximate surface area is 132 Å². The van der Waals surface area contributed by atoms with E-state index in [9.17, 15) is 0 Å². The topological polar surface area (TPSA) is 15.3 Å². The van der Waals surface area contributed by atoms with Gasteiger partial charge in [0.2, 0.25) is 0 Å². The summed E-state index contributed by atoms with van der Waals surface area (Å²) in [6.45, 7) is 8.88. The lowest BCUT2D eigenvalue weighted by atomic mass is 9.86. The fourth-order valence-electron chi connectivity index (χ4n) is 3.06. The second kappa shape index (κ2) is 7.02. The lowest BCUT2D eigenvalue weighted by Crippen LogP contribution is -2.53. The summed E-state index contributed by atoms with van der Waals surface area (Å²) >= 11 is 12.7. The molecule has 3 atom stereocenters. The van der Waals surface area contributed by atoms with Crippen LogP contribution in [0.1, 0.15) is 33.6 Å². The molecule has 1 N–H and O–H groups in total. The molecule has 0 amide bonds. The molecule has 0 aliphatic carbocycles. The van der Waals surface area contributed by atoms with Crippen LogP contribution in [-0.2, 0) is 0 Å². The zero-order valence-electron chi connectivity index (χ0n) is 12.5. The number of anilines is 1. The average molecular weight is 315 g/mol. The van der Waals surface area contributed by atoms with Gasteiger partial charge in [-0.05, 0) is 44.4 Å². The number of halogens is 2. The van der Waals surface area contributed by atoms with Gasteiger partial charge in [0.1, 0.15) is 0 Å². The number of nitrogens with one attached hydrogen (secondary N) is 1. The van der Waals surface area contributed by atoms with Gasteiger partial charge in [0, 0.05) is 18.6 Å². The first kappa shape index (κ1) is 15.9. The molecule has 0 spiro atoms. The Kier molecular flexibility index (Phi) is 5.59. The third-order valence-electron chi connectivity index (χ3n) is 4.45. The number of nitrogens with zero attached hydrogens (tertiary/aromatic N) is 1. The molecule has 1 fully saturated rings. The van der Waals surface area contributed by atoms with E-state index in [-0.39, 0.29) is 0 Å². The van der Waals surface area contributed by atoms with Crippen molar-refractivity contribution in [2.45, 2.75) is 45.7 Å². The maximum Gasteiger partial charge on any atom is 0.0747 e. The largest absolute Gasteiger partial charge is 0.366 e. The summed E-state index contributed by atoms with van der Waals surface area (Å²) in [5.74, 6) is 0.572. The molecule has 112 valence electrons. The second-order valence-corrected chi connectivity index (χ2v) is 6.53. The first-order valence-corrected chi connectivity index (χ1v) is 8.25. The number of rotatable bonds is 4. The van der Waals surface area contributed by atoms with Crippen LogP contribution in [0, 0.1) is 5.92 Å². The number of hydrogen-bond donors (Lipinski definition) is 1. The molecule has 1 aliphatic heterocycles. The van der Waals surface area contributed by atoms with Crippen LogP contribution in [0.25, 0.3) is 0 Å². The molecular formula is C16H24Cl2N2. The van der Waals surface area contributed by atoms with Gasteiger partial charge in [-0.25, -0.2) is 0 Å². The molecular weight excluding hydrogens is 291 g/mol. The summed E-state index contributed by atoms with van der Waals surface area (Å²) < 4.78 is 0. The van der Waals surface area contributed by atoms with Crippen molar-refractivity contribution in [3.8, 4) is 0 Å². The average Bonchev–Trinajstić information content (AvgIpc) is 2.42. The van der Waals surface area contributed by atoms with Gasteiger partial charge in [0.15, 0.2) is 0 Å². The Morgan fingerprint density at radius 2 is 1.90 bits per heavy atom. The molecule has 1 heterocycles. The molecule has 2 nitrogen and oxygen atoms in total.